The van der Waals surface area contributed by atoms with Crippen molar-refractivity contribution < 1.29 is 13.8 Å². The topological polar surface area (TPSA) is 35.5 Å². The highest BCUT2D eigenvalue weighted by Crippen LogP contribution is 2.48. The van der Waals surface area contributed by atoms with Crippen molar-refractivity contribution in [3.8, 4) is 0 Å². The molecule has 0 bridgehead atoms. The maximum Gasteiger partial charge on any atom is 0.181 e. The first kappa shape index (κ1) is 21.4. The molecule has 5 heteroatoms. The van der Waals surface area contributed by atoms with Crippen LogP contribution in [0.1, 0.15) is 60.8 Å². The zero-order chi connectivity index (χ0) is 14.2. The normalized spacial score (nSPS) is 13.2. The van der Waals surface area contributed by atoms with Gasteiger partial charge in [0.25, 0.3) is 0 Å². The number of carbonyl (C=O) groups is 1. The van der Waals surface area contributed by atoms with Crippen LogP contribution in [-0.2, 0) is 13.8 Å². The molecule has 0 spiro atoms. The summed E-state index contributed by atoms with van der Waals surface area (Å²) in [4.78, 5) is 12.5. The smallest absolute Gasteiger partial charge is 0.181 e. The standard InChI is InChI=1S/C14H29O3P.B/c1-7-10-11-12(13(15)14(4,5)6)18(16-8-2)17-9-3;/h12H,7-11H2,1-6H3;. The molecule has 0 aliphatic carbocycles. The summed E-state index contributed by atoms with van der Waals surface area (Å²) in [6.45, 7) is 13.2. The van der Waals surface area contributed by atoms with Crippen LogP contribution in [-0.4, -0.2) is 33.1 Å². The molecule has 0 N–H and O–H groups in total. The first-order valence-corrected chi connectivity index (χ1v) is 8.22. The van der Waals surface area contributed by atoms with E-state index in [9.17, 15) is 4.79 Å². The fourth-order valence-electron chi connectivity index (χ4n) is 1.70. The summed E-state index contributed by atoms with van der Waals surface area (Å²) in [5, 5.41) is 0. The predicted octanol–water partition coefficient (Wildman–Crippen LogP) is 4.16. The fraction of sp³-hybridized carbons (Fsp3) is 0.929. The van der Waals surface area contributed by atoms with E-state index in [0.717, 1.165) is 19.3 Å². The van der Waals surface area contributed by atoms with E-state index < -0.39 is 8.38 Å². The van der Waals surface area contributed by atoms with Crippen molar-refractivity contribution >= 4 is 22.6 Å². The summed E-state index contributed by atoms with van der Waals surface area (Å²) in [6, 6.07) is 0. The predicted molar refractivity (Wildman–Crippen MR) is 83.7 cm³/mol. The van der Waals surface area contributed by atoms with Gasteiger partial charge in [-0.2, -0.15) is 0 Å². The van der Waals surface area contributed by atoms with Crippen LogP contribution in [0.5, 0.6) is 0 Å². The van der Waals surface area contributed by atoms with Crippen molar-refractivity contribution in [3.05, 3.63) is 0 Å². The Morgan fingerprint density at radius 2 is 1.58 bits per heavy atom. The van der Waals surface area contributed by atoms with E-state index in [1.807, 2.05) is 34.6 Å². The van der Waals surface area contributed by atoms with Crippen LogP contribution in [0.25, 0.3) is 0 Å². The van der Waals surface area contributed by atoms with E-state index in [0.29, 0.717) is 13.2 Å². The molecule has 0 aromatic rings. The number of Topliss-reactive ketones (excluding diaryl/α,β-unsaturated/α-hetero) is 1. The van der Waals surface area contributed by atoms with Gasteiger partial charge < -0.3 is 9.05 Å². The van der Waals surface area contributed by atoms with Crippen molar-refractivity contribution in [2.24, 2.45) is 5.41 Å². The minimum atomic E-state index is -1.09. The molecule has 0 aliphatic heterocycles. The highest BCUT2D eigenvalue weighted by atomic mass is 31.2. The van der Waals surface area contributed by atoms with Gasteiger partial charge in [0.2, 0.25) is 0 Å². The molecule has 0 saturated heterocycles. The molecule has 1 unspecified atom stereocenters. The monoisotopic (exact) mass is 287 g/mol. The lowest BCUT2D eigenvalue weighted by Gasteiger charge is -2.29. The van der Waals surface area contributed by atoms with Crippen LogP contribution in [0.15, 0.2) is 0 Å². The summed E-state index contributed by atoms with van der Waals surface area (Å²) < 4.78 is 11.4. The zero-order valence-electron chi connectivity index (χ0n) is 13.4. The van der Waals surface area contributed by atoms with Crippen LogP contribution in [0.4, 0.5) is 0 Å². The van der Waals surface area contributed by atoms with E-state index in [4.69, 9.17) is 9.05 Å². The molecule has 3 radical (unpaired) electrons. The van der Waals surface area contributed by atoms with Gasteiger partial charge in [-0.25, -0.2) is 0 Å². The maximum absolute atomic E-state index is 12.5. The molecule has 0 aliphatic rings. The van der Waals surface area contributed by atoms with E-state index in [1.165, 1.54) is 0 Å². The Kier molecular flexibility index (Phi) is 12.2. The molecule has 0 aromatic heterocycles. The second kappa shape index (κ2) is 10.8. The average molecular weight is 287 g/mol. The summed E-state index contributed by atoms with van der Waals surface area (Å²) >= 11 is 0. The summed E-state index contributed by atoms with van der Waals surface area (Å²) in [7, 11) is -1.09. The average Bonchev–Trinajstić information content (AvgIpc) is 2.28. The van der Waals surface area contributed by atoms with Gasteiger partial charge in [0.1, 0.15) is 5.78 Å². The van der Waals surface area contributed by atoms with Crippen LogP contribution < -0.4 is 0 Å². The minimum absolute atomic E-state index is 0. The van der Waals surface area contributed by atoms with Crippen molar-refractivity contribution in [3.63, 3.8) is 0 Å². The van der Waals surface area contributed by atoms with Crippen molar-refractivity contribution in [1.82, 2.24) is 0 Å². The van der Waals surface area contributed by atoms with Crippen LogP contribution in [0, 0.1) is 5.41 Å². The Morgan fingerprint density at radius 3 is 1.89 bits per heavy atom. The summed E-state index contributed by atoms with van der Waals surface area (Å²) in [5.41, 5.74) is -0.410. The third-order valence-electron chi connectivity index (χ3n) is 2.64. The second-order valence-electron chi connectivity index (χ2n) is 5.39. The van der Waals surface area contributed by atoms with Crippen molar-refractivity contribution in [1.29, 1.82) is 0 Å². The largest absolute Gasteiger partial charge is 0.334 e. The number of ketones is 1. The molecule has 0 amide bonds. The van der Waals surface area contributed by atoms with Gasteiger partial charge >= 0.3 is 0 Å². The Morgan fingerprint density at radius 1 is 1.11 bits per heavy atom. The van der Waals surface area contributed by atoms with Gasteiger partial charge in [0.05, 0.1) is 18.9 Å². The van der Waals surface area contributed by atoms with E-state index >= 15 is 0 Å². The molecule has 111 valence electrons. The number of unbranched alkanes of at least 4 members (excludes halogenated alkanes) is 1. The second-order valence-corrected chi connectivity index (χ2v) is 7.10. The molecule has 0 saturated carbocycles. The van der Waals surface area contributed by atoms with E-state index in [1.54, 1.807) is 0 Å². The zero-order valence-corrected chi connectivity index (χ0v) is 14.3. The van der Waals surface area contributed by atoms with Gasteiger partial charge in [-0.05, 0) is 20.3 Å². The van der Waals surface area contributed by atoms with Crippen molar-refractivity contribution in [2.75, 3.05) is 13.2 Å². The number of hydrogen-bond acceptors (Lipinski definition) is 3. The highest BCUT2D eigenvalue weighted by Gasteiger charge is 2.36. The van der Waals surface area contributed by atoms with Gasteiger partial charge in [-0.1, -0.05) is 40.5 Å². The summed E-state index contributed by atoms with van der Waals surface area (Å²) in [5.74, 6) is 0.268. The van der Waals surface area contributed by atoms with Gasteiger partial charge in [0, 0.05) is 13.8 Å². The van der Waals surface area contributed by atoms with Gasteiger partial charge in [-0.3, -0.25) is 4.79 Å². The third-order valence-corrected chi connectivity index (χ3v) is 4.67. The van der Waals surface area contributed by atoms with E-state index in [2.05, 4.69) is 6.92 Å². The first-order valence-electron chi connectivity index (χ1n) is 6.97. The maximum atomic E-state index is 12.5. The number of hydrogen-bond donors (Lipinski definition) is 0. The quantitative estimate of drug-likeness (QED) is 0.471. The number of rotatable bonds is 9. The van der Waals surface area contributed by atoms with Crippen LogP contribution in [0.3, 0.4) is 0 Å². The molecule has 3 nitrogen and oxygen atoms in total. The lowest BCUT2D eigenvalue weighted by atomic mass is 9.87. The molecule has 1 atom stereocenters. The first-order chi connectivity index (χ1) is 8.38. The molecule has 0 heterocycles. The lowest BCUT2D eigenvalue weighted by molar-refractivity contribution is -0.126. The minimum Gasteiger partial charge on any atom is -0.334 e. The van der Waals surface area contributed by atoms with Crippen LogP contribution in [0.2, 0.25) is 0 Å². The molecule has 19 heavy (non-hydrogen) atoms. The Bertz CT molecular complexity index is 235. The van der Waals surface area contributed by atoms with Gasteiger partial charge in [0.15, 0.2) is 8.38 Å². The fourth-order valence-corrected chi connectivity index (χ4v) is 3.62. The lowest BCUT2D eigenvalue weighted by Crippen LogP contribution is -2.32. The van der Waals surface area contributed by atoms with Gasteiger partial charge in [-0.15, -0.1) is 0 Å². The SMILES string of the molecule is CCCCC(C(=O)C(C)(C)C)P(OCC)OCC.[B]. The Balaban J connectivity index is 0. The third kappa shape index (κ3) is 8.07. The van der Waals surface area contributed by atoms with Crippen LogP contribution >= 0.6 is 8.38 Å². The van der Waals surface area contributed by atoms with Crippen molar-refractivity contribution in [2.45, 2.75) is 66.5 Å². The number of carbonyl (C=O) groups excluding carboxylic acids is 1. The molecule has 0 rings (SSSR count). The Labute approximate surface area is 122 Å². The van der Waals surface area contributed by atoms with E-state index in [-0.39, 0.29) is 25.3 Å². The summed E-state index contributed by atoms with van der Waals surface area (Å²) in [6.07, 6.45) is 3.01. The molecular weight excluding hydrogens is 258 g/mol. The molecule has 0 fully saturated rings. The molecular formula is C14H29BO3P. The molecule has 0 aromatic carbocycles. The Hall–Kier alpha value is 0.0849. The highest BCUT2D eigenvalue weighted by molar-refractivity contribution is 7.49.